The molecule has 0 unspecified atom stereocenters. The highest BCUT2D eigenvalue weighted by atomic mass is 32.2. The molecular weight excluding hydrogens is 588 g/mol. The maximum Gasteiger partial charge on any atom is 0.229 e. The van der Waals surface area contributed by atoms with E-state index in [1.807, 2.05) is 20.8 Å². The lowest BCUT2D eigenvalue weighted by molar-refractivity contribution is 0.244. The summed E-state index contributed by atoms with van der Waals surface area (Å²) >= 11 is 0. The van der Waals surface area contributed by atoms with E-state index in [2.05, 4.69) is 54.6 Å². The summed E-state index contributed by atoms with van der Waals surface area (Å²) in [5.74, 6) is 1.55. The van der Waals surface area contributed by atoms with Crippen molar-refractivity contribution >= 4 is 43.8 Å². The third-order valence-electron chi connectivity index (χ3n) is 8.21. The lowest BCUT2D eigenvalue weighted by Crippen LogP contribution is -2.39. The van der Waals surface area contributed by atoms with Crippen molar-refractivity contribution in [2.45, 2.75) is 76.3 Å². The van der Waals surface area contributed by atoms with Crippen LogP contribution in [0.5, 0.6) is 5.75 Å². The van der Waals surface area contributed by atoms with Crippen molar-refractivity contribution in [1.29, 1.82) is 0 Å². The van der Waals surface area contributed by atoms with E-state index in [1.54, 1.807) is 44.3 Å². The summed E-state index contributed by atoms with van der Waals surface area (Å²) in [6.07, 6.45) is 3.92. The number of nitrogens with zero attached hydrogens (tertiary/aromatic N) is 2. The Bertz CT molecular complexity index is 1870. The highest BCUT2D eigenvalue weighted by Gasteiger charge is 2.24. The number of para-hydroxylation sites is 1. The Morgan fingerprint density at radius 2 is 1.78 bits per heavy atom. The van der Waals surface area contributed by atoms with Gasteiger partial charge in [0.25, 0.3) is 0 Å². The predicted molar refractivity (Wildman–Crippen MR) is 180 cm³/mol. The van der Waals surface area contributed by atoms with Crippen LogP contribution in [0.2, 0.25) is 0 Å². The van der Waals surface area contributed by atoms with Gasteiger partial charge < -0.3 is 31.1 Å². The van der Waals surface area contributed by atoms with Crippen LogP contribution in [0.15, 0.2) is 53.6 Å². The lowest BCUT2D eigenvalue weighted by Gasteiger charge is -2.23. The second kappa shape index (κ2) is 12.7. The highest BCUT2D eigenvalue weighted by molar-refractivity contribution is 7.92. The molecule has 3 aliphatic rings. The number of ether oxygens (including phenoxy) is 1. The molecule has 0 amide bonds. The summed E-state index contributed by atoms with van der Waals surface area (Å²) in [5.41, 5.74) is 5.27. The van der Waals surface area contributed by atoms with Crippen LogP contribution < -0.4 is 26.0 Å². The molecule has 0 bridgehead atoms. The summed E-state index contributed by atoms with van der Waals surface area (Å²) in [6, 6.07) is 13.7. The molecule has 45 heavy (non-hydrogen) atoms. The number of aryl methyl sites for hydroxylation is 1. The fourth-order valence-corrected chi connectivity index (χ4v) is 6.89. The molecule has 1 saturated heterocycles. The first-order valence-electron chi connectivity index (χ1n) is 15.6. The van der Waals surface area contributed by atoms with E-state index < -0.39 is 15.1 Å². The number of nitrogens with one attached hydrogen (secondary N) is 6. The molecule has 0 radical (unpaired) electrons. The predicted octanol–water partition coefficient (Wildman–Crippen LogP) is 6.00. The van der Waals surface area contributed by atoms with Crippen LogP contribution in [-0.4, -0.2) is 59.1 Å². The smallest absolute Gasteiger partial charge is 0.229 e. The molecule has 11 nitrogen and oxygen atoms in total. The Hall–Kier alpha value is -4.13. The zero-order valence-electron chi connectivity index (χ0n) is 26.4. The van der Waals surface area contributed by atoms with Gasteiger partial charge in [0.15, 0.2) is 9.84 Å². The Morgan fingerprint density at radius 3 is 2.53 bits per heavy atom. The lowest BCUT2D eigenvalue weighted by atomic mass is 10.1. The van der Waals surface area contributed by atoms with Gasteiger partial charge in [-0.2, -0.15) is 4.98 Å². The zero-order chi connectivity index (χ0) is 31.7. The fourth-order valence-electron chi connectivity index (χ4n) is 5.69. The monoisotopic (exact) mass is 630 g/mol. The number of aromatic nitrogens is 4. The van der Waals surface area contributed by atoms with E-state index in [0.29, 0.717) is 29.2 Å². The van der Waals surface area contributed by atoms with Gasteiger partial charge in [0.2, 0.25) is 5.95 Å². The van der Waals surface area contributed by atoms with Crippen molar-refractivity contribution < 1.29 is 13.2 Å². The Balaban J connectivity index is 1.30. The minimum atomic E-state index is -3.51. The number of hydrogen-bond acceptors (Lipinski definition) is 9. The summed E-state index contributed by atoms with van der Waals surface area (Å²) in [5, 5.41) is 22.0. The number of fused-ring (bicyclic) bond motifs is 3. The molecule has 6 rings (SSSR count). The Kier molecular flexibility index (Phi) is 8.71. The highest BCUT2D eigenvalue weighted by Crippen LogP contribution is 2.41. The van der Waals surface area contributed by atoms with Crippen LogP contribution in [0.4, 0.5) is 23.1 Å². The molecule has 2 aromatic carbocycles. The number of H-pyrrole nitrogens is 2. The number of hydrogen-bond donors (Lipinski definition) is 6. The standard InChI is InChI=1S/C33H42N8O3S/c1-19(2)44-29-15-22-14-25-28(18-35-23-10-12-34-13-11-23)40-41-31(25)24(22)16-27(29)38-33-36-17-21(5)32(39-33)37-26-8-6-7-9-30(26)45(42,43)20(3)4/h6-9,14-17,19-20,23,34-35,40-41H,10-13,18H2,1-5H3,(H2,36,37,38,39). The van der Waals surface area contributed by atoms with Crippen molar-refractivity contribution in [3.05, 3.63) is 59.9 Å². The molecule has 238 valence electrons. The van der Waals surface area contributed by atoms with Gasteiger partial charge in [0, 0.05) is 35.3 Å². The van der Waals surface area contributed by atoms with Gasteiger partial charge in [-0.1, -0.05) is 12.1 Å². The third-order valence-corrected chi connectivity index (χ3v) is 10.4. The van der Waals surface area contributed by atoms with Gasteiger partial charge in [0.05, 0.1) is 39.0 Å². The molecule has 1 fully saturated rings. The van der Waals surface area contributed by atoms with Gasteiger partial charge in [-0.25, -0.2) is 13.4 Å². The number of anilines is 4. The number of aromatic amines is 2. The summed E-state index contributed by atoms with van der Waals surface area (Å²) in [4.78, 5) is 9.51. The van der Waals surface area contributed by atoms with E-state index in [0.717, 1.165) is 71.5 Å². The van der Waals surface area contributed by atoms with Crippen LogP contribution >= 0.6 is 0 Å². The summed E-state index contributed by atoms with van der Waals surface area (Å²) in [7, 11) is -3.51. The molecule has 3 aromatic rings. The van der Waals surface area contributed by atoms with E-state index >= 15 is 0 Å². The minimum absolute atomic E-state index is 0.0449. The maximum absolute atomic E-state index is 13.0. The maximum atomic E-state index is 13.0. The van der Waals surface area contributed by atoms with E-state index in [1.165, 1.54) is 0 Å². The zero-order valence-corrected chi connectivity index (χ0v) is 27.2. The molecule has 3 heterocycles. The van der Waals surface area contributed by atoms with Gasteiger partial charge >= 0.3 is 0 Å². The van der Waals surface area contributed by atoms with Gasteiger partial charge in [-0.15, -0.1) is 0 Å². The second-order valence-electron chi connectivity index (χ2n) is 12.2. The number of rotatable bonds is 11. The number of sulfone groups is 1. The van der Waals surface area contributed by atoms with Crippen molar-refractivity contribution in [3.63, 3.8) is 0 Å². The Morgan fingerprint density at radius 1 is 1.00 bits per heavy atom. The van der Waals surface area contributed by atoms with Crippen LogP contribution in [-0.2, 0) is 16.4 Å². The molecule has 6 N–H and O–H groups in total. The Labute approximate surface area is 264 Å². The van der Waals surface area contributed by atoms with E-state index in [-0.39, 0.29) is 11.0 Å². The molecule has 0 atom stereocenters. The molecule has 1 aliphatic carbocycles. The fraction of sp³-hybridized carbons (Fsp3) is 0.394. The molecular formula is C33H42N8O3S. The van der Waals surface area contributed by atoms with Crippen LogP contribution in [0, 0.1) is 6.92 Å². The van der Waals surface area contributed by atoms with Gasteiger partial charge in [0.1, 0.15) is 11.6 Å². The van der Waals surface area contributed by atoms with Crippen molar-refractivity contribution in [2.75, 3.05) is 23.7 Å². The molecule has 0 spiro atoms. The van der Waals surface area contributed by atoms with E-state index in [4.69, 9.17) is 9.72 Å². The first-order chi connectivity index (χ1) is 21.6. The first-order valence-corrected chi connectivity index (χ1v) is 17.1. The van der Waals surface area contributed by atoms with Crippen LogP contribution in [0.3, 0.4) is 0 Å². The first kappa shape index (κ1) is 30.9. The van der Waals surface area contributed by atoms with Crippen molar-refractivity contribution in [3.8, 4) is 17.0 Å². The number of piperidine rings is 1. The molecule has 12 heteroatoms. The van der Waals surface area contributed by atoms with Crippen LogP contribution in [0.1, 0.15) is 51.8 Å². The molecule has 0 saturated carbocycles. The largest absolute Gasteiger partial charge is 0.489 e. The average Bonchev–Trinajstić information content (AvgIpc) is 3.57. The van der Waals surface area contributed by atoms with Crippen molar-refractivity contribution in [2.24, 2.45) is 0 Å². The third kappa shape index (κ3) is 6.49. The topological polar surface area (TPSA) is 149 Å². The second-order valence-corrected chi connectivity index (χ2v) is 14.7. The van der Waals surface area contributed by atoms with E-state index in [9.17, 15) is 8.42 Å². The summed E-state index contributed by atoms with van der Waals surface area (Å²) in [6.45, 7) is 12.1. The average molecular weight is 631 g/mol. The van der Waals surface area contributed by atoms with Crippen molar-refractivity contribution in [1.82, 2.24) is 30.8 Å². The quantitative estimate of drug-likeness (QED) is 0.103. The van der Waals surface area contributed by atoms with Gasteiger partial charge in [-0.05, 0) is 96.3 Å². The number of benzene rings is 2. The minimum Gasteiger partial charge on any atom is -0.489 e. The molecule has 1 aromatic heterocycles. The normalized spacial score (nSPS) is 14.6. The SMILES string of the molecule is Cc1cnc(Nc2cc3c4[nH][nH]c(CNC5CCNCC5)c-4cc3cc2OC(C)C)nc1Nc1ccccc1S(=O)(=O)C(C)C. The van der Waals surface area contributed by atoms with Gasteiger partial charge in [-0.3, -0.25) is 5.10 Å². The molecule has 2 aliphatic heterocycles. The summed E-state index contributed by atoms with van der Waals surface area (Å²) < 4.78 is 32.3. The van der Waals surface area contributed by atoms with Crippen LogP contribution in [0.25, 0.3) is 22.0 Å².